The summed E-state index contributed by atoms with van der Waals surface area (Å²) < 4.78 is 9.35. The molecule has 3 nitrogen and oxygen atoms in total. The molecule has 0 aliphatic rings. The summed E-state index contributed by atoms with van der Waals surface area (Å²) in [7, 11) is 1.39. The first kappa shape index (κ1) is 14.6. The molecule has 1 aromatic rings. The molecule has 1 aromatic carbocycles. The van der Waals surface area contributed by atoms with Gasteiger partial charge in [0.15, 0.2) is 0 Å². The molecule has 0 fully saturated rings. The maximum atomic E-state index is 10.8. The molecule has 0 atom stereocenters. The van der Waals surface area contributed by atoms with E-state index < -0.39 is 0 Å². The van der Waals surface area contributed by atoms with E-state index in [9.17, 15) is 4.79 Å². The van der Waals surface area contributed by atoms with Crippen LogP contribution in [0.4, 0.5) is 0 Å². The predicted molar refractivity (Wildman–Crippen MR) is 64.3 cm³/mol. The monoisotopic (exact) mass is 224 g/mol. The normalized spacial score (nSPS) is 8.94. The van der Waals surface area contributed by atoms with E-state index in [4.69, 9.17) is 4.74 Å². The molecule has 3 heteroatoms. The lowest BCUT2D eigenvalue weighted by Gasteiger charge is -1.97. The third-order valence-electron chi connectivity index (χ3n) is 1.83. The Morgan fingerprint density at radius 3 is 2.06 bits per heavy atom. The van der Waals surface area contributed by atoms with Crippen molar-refractivity contribution in [3.63, 3.8) is 0 Å². The molecule has 0 saturated carbocycles. The van der Waals surface area contributed by atoms with Crippen LogP contribution in [-0.2, 0) is 20.7 Å². The fourth-order valence-corrected chi connectivity index (χ4v) is 1.04. The summed E-state index contributed by atoms with van der Waals surface area (Å²) in [5.74, 6) is -0.198. The average Bonchev–Trinajstić information content (AvgIpc) is 2.32. The quantitative estimate of drug-likeness (QED) is 0.737. The number of benzene rings is 1. The Labute approximate surface area is 97.4 Å². The molecular weight excluding hydrogens is 204 g/mol. The van der Waals surface area contributed by atoms with Crippen LogP contribution in [0.2, 0.25) is 0 Å². The van der Waals surface area contributed by atoms with Crippen LogP contribution in [-0.4, -0.2) is 26.3 Å². The molecule has 0 bridgehead atoms. The largest absolute Gasteiger partial charge is 0.469 e. The van der Waals surface area contributed by atoms with E-state index in [1.807, 2.05) is 44.2 Å². The van der Waals surface area contributed by atoms with Crippen LogP contribution in [0.5, 0.6) is 0 Å². The van der Waals surface area contributed by atoms with Crippen LogP contribution in [0.15, 0.2) is 30.3 Å². The zero-order valence-corrected chi connectivity index (χ0v) is 10.2. The van der Waals surface area contributed by atoms with Gasteiger partial charge in [-0.05, 0) is 19.4 Å². The van der Waals surface area contributed by atoms with Crippen molar-refractivity contribution in [3.8, 4) is 0 Å². The van der Waals surface area contributed by atoms with Gasteiger partial charge in [0.1, 0.15) is 0 Å². The Morgan fingerprint density at radius 1 is 1.12 bits per heavy atom. The predicted octanol–water partition coefficient (Wildman–Crippen LogP) is 2.44. The van der Waals surface area contributed by atoms with Crippen molar-refractivity contribution in [1.82, 2.24) is 0 Å². The summed E-state index contributed by atoms with van der Waals surface area (Å²) in [5, 5.41) is 0. The molecule has 0 N–H and O–H groups in total. The molecule has 0 aliphatic carbocycles. The Bertz CT molecular complexity index is 268. The Kier molecular flexibility index (Phi) is 9.32. The van der Waals surface area contributed by atoms with E-state index in [-0.39, 0.29) is 5.97 Å². The van der Waals surface area contributed by atoms with E-state index in [1.54, 1.807) is 0 Å². The second-order valence-electron chi connectivity index (χ2n) is 3.02. The molecule has 0 aromatic heterocycles. The van der Waals surface area contributed by atoms with Gasteiger partial charge in [0.2, 0.25) is 0 Å². The van der Waals surface area contributed by atoms with Gasteiger partial charge in [0, 0.05) is 13.2 Å². The molecule has 0 radical (unpaired) electrons. The van der Waals surface area contributed by atoms with Crippen LogP contribution < -0.4 is 0 Å². The van der Waals surface area contributed by atoms with Crippen LogP contribution in [0.3, 0.4) is 0 Å². The van der Waals surface area contributed by atoms with Gasteiger partial charge in [-0.2, -0.15) is 0 Å². The Morgan fingerprint density at radius 2 is 1.69 bits per heavy atom. The molecule has 0 spiro atoms. The highest BCUT2D eigenvalue weighted by molar-refractivity contribution is 5.72. The fraction of sp³-hybridized carbons (Fsp3) is 0.462. The minimum absolute atomic E-state index is 0.198. The summed E-state index contributed by atoms with van der Waals surface area (Å²) in [6.45, 7) is 5.67. The maximum absolute atomic E-state index is 10.8. The molecule has 0 unspecified atom stereocenters. The molecule has 90 valence electrons. The van der Waals surface area contributed by atoms with E-state index >= 15 is 0 Å². The van der Waals surface area contributed by atoms with Crippen LogP contribution in [0, 0.1) is 0 Å². The zero-order valence-electron chi connectivity index (χ0n) is 10.2. The van der Waals surface area contributed by atoms with E-state index in [2.05, 4.69) is 4.74 Å². The summed E-state index contributed by atoms with van der Waals surface area (Å²) >= 11 is 0. The van der Waals surface area contributed by atoms with Gasteiger partial charge in [0.05, 0.1) is 13.5 Å². The molecule has 16 heavy (non-hydrogen) atoms. The molecule has 0 amide bonds. The summed E-state index contributed by atoms with van der Waals surface area (Å²) in [6.07, 6.45) is 0.358. The van der Waals surface area contributed by atoms with Crippen LogP contribution in [0.25, 0.3) is 0 Å². The highest BCUT2D eigenvalue weighted by Crippen LogP contribution is 1.99. The van der Waals surface area contributed by atoms with Crippen molar-refractivity contribution >= 4 is 5.97 Å². The Hall–Kier alpha value is -1.35. The van der Waals surface area contributed by atoms with Gasteiger partial charge < -0.3 is 9.47 Å². The molecule has 0 saturated heterocycles. The lowest BCUT2D eigenvalue weighted by molar-refractivity contribution is -0.139. The van der Waals surface area contributed by atoms with E-state index in [0.29, 0.717) is 6.42 Å². The lowest BCUT2D eigenvalue weighted by atomic mass is 10.2. The number of carbonyl (C=O) groups is 1. The standard InChI is InChI=1S/C9H10O2.C4H10O/c1-11-9(10)7-8-5-3-2-4-6-8;1-3-5-4-2/h2-6H,7H2,1H3;3-4H2,1-2H3. The van der Waals surface area contributed by atoms with Crippen LogP contribution >= 0.6 is 0 Å². The Balaban J connectivity index is 0.000000385. The third kappa shape index (κ3) is 8.00. The first-order valence-corrected chi connectivity index (χ1v) is 5.43. The highest BCUT2D eigenvalue weighted by Gasteiger charge is 1.99. The maximum Gasteiger partial charge on any atom is 0.309 e. The summed E-state index contributed by atoms with van der Waals surface area (Å²) in [4.78, 5) is 10.8. The zero-order chi connectivity index (χ0) is 12.2. The van der Waals surface area contributed by atoms with E-state index in [0.717, 1.165) is 18.8 Å². The average molecular weight is 224 g/mol. The van der Waals surface area contributed by atoms with Crippen molar-refractivity contribution in [2.45, 2.75) is 20.3 Å². The first-order chi connectivity index (χ1) is 7.74. The smallest absolute Gasteiger partial charge is 0.309 e. The number of carbonyl (C=O) groups excluding carboxylic acids is 1. The number of hydrogen-bond acceptors (Lipinski definition) is 3. The number of hydrogen-bond donors (Lipinski definition) is 0. The van der Waals surface area contributed by atoms with Crippen molar-refractivity contribution in [1.29, 1.82) is 0 Å². The lowest BCUT2D eigenvalue weighted by Crippen LogP contribution is -2.03. The third-order valence-corrected chi connectivity index (χ3v) is 1.83. The van der Waals surface area contributed by atoms with Crippen molar-refractivity contribution < 1.29 is 14.3 Å². The second-order valence-corrected chi connectivity index (χ2v) is 3.02. The van der Waals surface area contributed by atoms with Gasteiger partial charge in [0.25, 0.3) is 0 Å². The SMILES string of the molecule is CCOCC.COC(=O)Cc1ccccc1. The minimum Gasteiger partial charge on any atom is -0.469 e. The number of methoxy groups -OCH3 is 1. The van der Waals surface area contributed by atoms with Crippen molar-refractivity contribution in [2.24, 2.45) is 0 Å². The first-order valence-electron chi connectivity index (χ1n) is 5.43. The molecule has 1 rings (SSSR count). The van der Waals surface area contributed by atoms with Crippen molar-refractivity contribution in [2.75, 3.05) is 20.3 Å². The van der Waals surface area contributed by atoms with Gasteiger partial charge in [-0.1, -0.05) is 30.3 Å². The number of ether oxygens (including phenoxy) is 2. The second kappa shape index (κ2) is 10.2. The van der Waals surface area contributed by atoms with Gasteiger partial charge in [-0.25, -0.2) is 0 Å². The van der Waals surface area contributed by atoms with Gasteiger partial charge in [-0.15, -0.1) is 0 Å². The van der Waals surface area contributed by atoms with E-state index in [1.165, 1.54) is 7.11 Å². The minimum atomic E-state index is -0.198. The van der Waals surface area contributed by atoms with Crippen LogP contribution in [0.1, 0.15) is 19.4 Å². The summed E-state index contributed by atoms with van der Waals surface area (Å²) in [5.41, 5.74) is 0.986. The number of rotatable bonds is 4. The molecule has 0 heterocycles. The van der Waals surface area contributed by atoms with Gasteiger partial charge >= 0.3 is 5.97 Å². The number of esters is 1. The highest BCUT2D eigenvalue weighted by atomic mass is 16.5. The molecular formula is C13H20O3. The fourth-order valence-electron chi connectivity index (χ4n) is 1.04. The molecule has 0 aliphatic heterocycles. The van der Waals surface area contributed by atoms with Gasteiger partial charge in [-0.3, -0.25) is 4.79 Å². The topological polar surface area (TPSA) is 35.5 Å². The van der Waals surface area contributed by atoms with Crippen molar-refractivity contribution in [3.05, 3.63) is 35.9 Å². The summed E-state index contributed by atoms with van der Waals surface area (Å²) in [6, 6.07) is 9.52.